The van der Waals surface area contributed by atoms with Gasteiger partial charge >= 0.3 is 0 Å². The molecule has 0 aliphatic carbocycles. The van der Waals surface area contributed by atoms with Crippen LogP contribution < -0.4 is 10.1 Å². The lowest BCUT2D eigenvalue weighted by molar-refractivity contribution is -0.121. The number of carbonyl (C=O) groups excluding carboxylic acids is 1. The molecule has 134 valence electrons. The van der Waals surface area contributed by atoms with E-state index in [9.17, 15) is 4.79 Å². The average molecular weight is 366 g/mol. The zero-order chi connectivity index (χ0) is 18.4. The molecule has 0 unspecified atom stereocenters. The topological polar surface area (TPSA) is 51.2 Å². The number of amides is 1. The summed E-state index contributed by atoms with van der Waals surface area (Å²) in [4.78, 5) is 16.7. The molecule has 0 bridgehead atoms. The van der Waals surface area contributed by atoms with Crippen molar-refractivity contribution in [3.8, 4) is 16.3 Å². The van der Waals surface area contributed by atoms with E-state index in [4.69, 9.17) is 4.74 Å². The fraction of sp³-hybridized carbons (Fsp3) is 0.238. The number of benzene rings is 2. The molecule has 0 saturated heterocycles. The normalized spacial score (nSPS) is 10.5. The molecule has 0 fully saturated rings. The highest BCUT2D eigenvalue weighted by molar-refractivity contribution is 7.13. The van der Waals surface area contributed by atoms with Gasteiger partial charge in [-0.1, -0.05) is 42.0 Å². The van der Waals surface area contributed by atoms with Crippen molar-refractivity contribution in [2.75, 3.05) is 7.11 Å². The van der Waals surface area contributed by atoms with E-state index >= 15 is 0 Å². The zero-order valence-electron chi connectivity index (χ0n) is 15.0. The van der Waals surface area contributed by atoms with Gasteiger partial charge in [0.25, 0.3) is 0 Å². The summed E-state index contributed by atoms with van der Waals surface area (Å²) >= 11 is 1.57. The standard InChI is InChI=1S/C21H22N2O2S/c1-15-6-5-7-16(12-15)13-22-20(24)11-10-17-14-26-21(23-17)18-8-3-4-9-19(18)25-2/h3-9,12,14H,10-11,13H2,1-2H3,(H,22,24). The van der Waals surface area contributed by atoms with Crippen molar-refractivity contribution in [3.05, 3.63) is 70.7 Å². The van der Waals surface area contributed by atoms with E-state index in [0.29, 0.717) is 19.4 Å². The lowest BCUT2D eigenvalue weighted by atomic mass is 10.1. The number of rotatable bonds is 7. The fourth-order valence-electron chi connectivity index (χ4n) is 2.72. The molecule has 1 amide bonds. The first kappa shape index (κ1) is 18.1. The zero-order valence-corrected chi connectivity index (χ0v) is 15.8. The smallest absolute Gasteiger partial charge is 0.220 e. The number of aryl methyl sites for hydroxylation is 2. The molecule has 1 heterocycles. The van der Waals surface area contributed by atoms with Gasteiger partial charge in [-0.2, -0.15) is 0 Å². The molecule has 26 heavy (non-hydrogen) atoms. The minimum atomic E-state index is 0.0401. The SMILES string of the molecule is COc1ccccc1-c1nc(CCC(=O)NCc2cccc(C)c2)cs1. The quantitative estimate of drug-likeness (QED) is 0.675. The fourth-order valence-corrected chi connectivity index (χ4v) is 3.60. The molecular weight excluding hydrogens is 344 g/mol. The minimum Gasteiger partial charge on any atom is -0.496 e. The Morgan fingerprint density at radius 3 is 2.85 bits per heavy atom. The molecule has 2 aromatic carbocycles. The van der Waals surface area contributed by atoms with E-state index < -0.39 is 0 Å². The Hall–Kier alpha value is -2.66. The minimum absolute atomic E-state index is 0.0401. The van der Waals surface area contributed by atoms with Gasteiger partial charge in [0.05, 0.1) is 18.4 Å². The van der Waals surface area contributed by atoms with Crippen LogP contribution in [0, 0.1) is 6.92 Å². The molecule has 0 spiro atoms. The van der Waals surface area contributed by atoms with Gasteiger partial charge in [0.2, 0.25) is 5.91 Å². The van der Waals surface area contributed by atoms with E-state index in [1.807, 2.05) is 54.8 Å². The molecule has 0 atom stereocenters. The molecule has 0 aliphatic heterocycles. The van der Waals surface area contributed by atoms with Crippen molar-refractivity contribution in [2.45, 2.75) is 26.3 Å². The number of carbonyl (C=O) groups is 1. The Balaban J connectivity index is 1.54. The summed E-state index contributed by atoms with van der Waals surface area (Å²) in [6.45, 7) is 2.61. The van der Waals surface area contributed by atoms with E-state index in [1.54, 1.807) is 18.4 Å². The molecular formula is C21H22N2O2S. The van der Waals surface area contributed by atoms with Gasteiger partial charge in [0, 0.05) is 18.3 Å². The number of thiazole rings is 1. The van der Waals surface area contributed by atoms with Crippen LogP contribution in [0.5, 0.6) is 5.75 Å². The van der Waals surface area contributed by atoms with Gasteiger partial charge in [-0.3, -0.25) is 4.79 Å². The Bertz CT molecular complexity index is 889. The highest BCUT2D eigenvalue weighted by Crippen LogP contribution is 2.32. The summed E-state index contributed by atoms with van der Waals surface area (Å²) < 4.78 is 5.39. The van der Waals surface area contributed by atoms with E-state index in [-0.39, 0.29) is 5.91 Å². The van der Waals surface area contributed by atoms with Crippen LogP contribution in [0.3, 0.4) is 0 Å². The van der Waals surface area contributed by atoms with Crippen LogP contribution in [-0.2, 0) is 17.8 Å². The Morgan fingerprint density at radius 1 is 1.19 bits per heavy atom. The maximum Gasteiger partial charge on any atom is 0.220 e. The van der Waals surface area contributed by atoms with E-state index in [0.717, 1.165) is 27.6 Å². The summed E-state index contributed by atoms with van der Waals surface area (Å²) in [7, 11) is 1.66. The molecule has 1 N–H and O–H groups in total. The van der Waals surface area contributed by atoms with Gasteiger partial charge in [0.15, 0.2) is 0 Å². The van der Waals surface area contributed by atoms with Crippen LogP contribution in [0.1, 0.15) is 23.2 Å². The van der Waals surface area contributed by atoms with Gasteiger partial charge in [0.1, 0.15) is 10.8 Å². The van der Waals surface area contributed by atoms with Gasteiger partial charge < -0.3 is 10.1 Å². The molecule has 3 rings (SSSR count). The number of nitrogens with one attached hydrogen (secondary N) is 1. The van der Waals surface area contributed by atoms with Crippen LogP contribution in [0.25, 0.3) is 10.6 Å². The predicted octanol–water partition coefficient (Wildman–Crippen LogP) is 4.38. The number of aromatic nitrogens is 1. The number of hydrogen-bond donors (Lipinski definition) is 1. The first-order chi connectivity index (χ1) is 12.7. The Labute approximate surface area is 157 Å². The van der Waals surface area contributed by atoms with Crippen LogP contribution in [0.15, 0.2) is 53.9 Å². The molecule has 0 saturated carbocycles. The van der Waals surface area contributed by atoms with Crippen LogP contribution in [0.2, 0.25) is 0 Å². The van der Waals surface area contributed by atoms with Crippen LogP contribution in [0.4, 0.5) is 0 Å². The van der Waals surface area contributed by atoms with Crippen molar-refractivity contribution < 1.29 is 9.53 Å². The van der Waals surface area contributed by atoms with Crippen molar-refractivity contribution in [1.29, 1.82) is 0 Å². The lowest BCUT2D eigenvalue weighted by Gasteiger charge is -2.06. The molecule has 0 aliphatic rings. The third-order valence-corrected chi connectivity index (χ3v) is 4.99. The third kappa shape index (κ3) is 4.70. The highest BCUT2D eigenvalue weighted by Gasteiger charge is 2.11. The molecule has 5 heteroatoms. The highest BCUT2D eigenvalue weighted by atomic mass is 32.1. The molecule has 4 nitrogen and oxygen atoms in total. The van der Waals surface area contributed by atoms with Crippen LogP contribution in [-0.4, -0.2) is 18.0 Å². The molecule has 0 radical (unpaired) electrons. The maximum atomic E-state index is 12.1. The number of ether oxygens (including phenoxy) is 1. The van der Waals surface area contributed by atoms with Crippen molar-refractivity contribution in [3.63, 3.8) is 0 Å². The summed E-state index contributed by atoms with van der Waals surface area (Å²) in [5.41, 5.74) is 4.23. The lowest BCUT2D eigenvalue weighted by Crippen LogP contribution is -2.23. The van der Waals surface area contributed by atoms with Gasteiger partial charge in [-0.15, -0.1) is 11.3 Å². The average Bonchev–Trinajstić information content (AvgIpc) is 3.13. The third-order valence-electron chi connectivity index (χ3n) is 4.07. The Kier molecular flexibility index (Phi) is 6.02. The second kappa shape index (κ2) is 8.63. The summed E-state index contributed by atoms with van der Waals surface area (Å²) in [6, 6.07) is 16.0. The first-order valence-electron chi connectivity index (χ1n) is 8.56. The number of nitrogens with zero attached hydrogens (tertiary/aromatic N) is 1. The Morgan fingerprint density at radius 2 is 2.04 bits per heavy atom. The molecule has 3 aromatic rings. The number of methoxy groups -OCH3 is 1. The summed E-state index contributed by atoms with van der Waals surface area (Å²) in [5.74, 6) is 0.850. The maximum absolute atomic E-state index is 12.1. The number of para-hydroxylation sites is 1. The predicted molar refractivity (Wildman–Crippen MR) is 105 cm³/mol. The van der Waals surface area contributed by atoms with Crippen molar-refractivity contribution >= 4 is 17.2 Å². The second-order valence-corrected chi connectivity index (χ2v) is 6.97. The monoisotopic (exact) mass is 366 g/mol. The summed E-state index contributed by atoms with van der Waals surface area (Å²) in [6.07, 6.45) is 1.06. The largest absolute Gasteiger partial charge is 0.496 e. The van der Waals surface area contributed by atoms with Gasteiger partial charge in [-0.25, -0.2) is 4.98 Å². The van der Waals surface area contributed by atoms with Gasteiger partial charge in [-0.05, 0) is 31.0 Å². The number of hydrogen-bond acceptors (Lipinski definition) is 4. The van der Waals surface area contributed by atoms with E-state index in [2.05, 4.69) is 16.4 Å². The van der Waals surface area contributed by atoms with Crippen LogP contribution >= 0.6 is 11.3 Å². The second-order valence-electron chi connectivity index (χ2n) is 6.11. The van der Waals surface area contributed by atoms with E-state index in [1.165, 1.54) is 5.56 Å². The van der Waals surface area contributed by atoms with Crippen molar-refractivity contribution in [2.24, 2.45) is 0 Å². The summed E-state index contributed by atoms with van der Waals surface area (Å²) in [5, 5.41) is 5.89. The van der Waals surface area contributed by atoms with Crippen molar-refractivity contribution in [1.82, 2.24) is 10.3 Å². The first-order valence-corrected chi connectivity index (χ1v) is 9.43. The molecule has 1 aromatic heterocycles.